The molecule has 6 nitrogen and oxygen atoms in total. The summed E-state index contributed by atoms with van der Waals surface area (Å²) >= 11 is 0. The third-order valence-corrected chi connectivity index (χ3v) is 1.97. The number of hydrogen-bond acceptors (Lipinski definition) is 4. The fraction of sp³-hybridized carbons (Fsp3) is 0.364. The Morgan fingerprint density at radius 2 is 2.00 bits per heavy atom. The smallest absolute Gasteiger partial charge is 0.427 e. The minimum atomic E-state index is -0.532. The highest BCUT2D eigenvalue weighted by molar-refractivity contribution is 5.77. The molecule has 0 fully saturated rings. The first-order valence-electron chi connectivity index (χ1n) is 5.22. The predicted octanol–water partition coefficient (Wildman–Crippen LogP) is 1.86. The molecule has 0 aromatic heterocycles. The number of fused-ring (bicyclic) bond motifs is 1. The Kier molecular flexibility index (Phi) is 2.71. The summed E-state index contributed by atoms with van der Waals surface area (Å²) in [5.41, 5.74) is 3.67. The molecule has 2 aliphatic rings. The molecule has 0 aliphatic carbocycles. The predicted molar refractivity (Wildman–Crippen MR) is 62.2 cm³/mol. The lowest BCUT2D eigenvalue weighted by Gasteiger charge is -2.20. The quantitative estimate of drug-likeness (QED) is 0.817. The highest BCUT2D eigenvalue weighted by Crippen LogP contribution is 2.17. The number of carbonyl (C=O) groups is 1. The van der Waals surface area contributed by atoms with Gasteiger partial charge in [-0.05, 0) is 20.8 Å². The van der Waals surface area contributed by atoms with Gasteiger partial charge in [-0.25, -0.2) is 19.9 Å². The van der Waals surface area contributed by atoms with E-state index < -0.39 is 11.7 Å². The summed E-state index contributed by atoms with van der Waals surface area (Å²) in [6, 6.07) is 0. The van der Waals surface area contributed by atoms with E-state index >= 15 is 0 Å². The third kappa shape index (κ3) is 2.72. The van der Waals surface area contributed by atoms with Crippen LogP contribution >= 0.6 is 0 Å². The van der Waals surface area contributed by atoms with Crippen LogP contribution in [-0.2, 0) is 4.74 Å². The van der Waals surface area contributed by atoms with E-state index in [0.717, 1.165) is 11.3 Å². The van der Waals surface area contributed by atoms with E-state index in [1.807, 2.05) is 0 Å². The molecule has 0 bridgehead atoms. The Morgan fingerprint density at radius 3 is 2.71 bits per heavy atom. The molecule has 0 unspecified atom stereocenters. The van der Waals surface area contributed by atoms with Crippen molar-refractivity contribution < 1.29 is 9.53 Å². The first-order chi connectivity index (χ1) is 7.96. The van der Waals surface area contributed by atoms with Gasteiger partial charge in [-0.2, -0.15) is 0 Å². The van der Waals surface area contributed by atoms with E-state index in [0.29, 0.717) is 0 Å². The van der Waals surface area contributed by atoms with E-state index in [4.69, 9.17) is 4.74 Å². The molecule has 2 heterocycles. The maximum absolute atomic E-state index is 11.6. The van der Waals surface area contributed by atoms with Gasteiger partial charge in [-0.1, -0.05) is 0 Å². The van der Waals surface area contributed by atoms with Crippen LogP contribution in [0.25, 0.3) is 11.3 Å². The summed E-state index contributed by atoms with van der Waals surface area (Å²) < 4.78 is 6.63. The number of carbonyl (C=O) groups excluding carboxylic acids is 1. The maximum atomic E-state index is 11.6. The number of hydrogen-bond donors (Lipinski definition) is 1. The molecule has 2 aliphatic heterocycles. The lowest BCUT2D eigenvalue weighted by Crippen LogP contribution is -2.32. The highest BCUT2D eigenvalue weighted by Gasteiger charge is 2.17. The van der Waals surface area contributed by atoms with Gasteiger partial charge in [0.15, 0.2) is 0 Å². The molecular weight excluding hydrogens is 220 g/mol. The Bertz CT molecular complexity index is 501. The summed E-state index contributed by atoms with van der Waals surface area (Å²) in [5.74, 6) is 0. The first kappa shape index (κ1) is 11.4. The lowest BCUT2D eigenvalue weighted by atomic mass is 10.2. The fourth-order valence-electron chi connectivity index (χ4n) is 1.36. The van der Waals surface area contributed by atoms with Crippen LogP contribution in [0.4, 0.5) is 4.79 Å². The van der Waals surface area contributed by atoms with Crippen LogP contribution in [0.5, 0.6) is 0 Å². The highest BCUT2D eigenvalue weighted by atomic mass is 16.6. The van der Waals surface area contributed by atoms with Crippen LogP contribution < -0.4 is 5.43 Å². The van der Waals surface area contributed by atoms with Crippen molar-refractivity contribution >= 4 is 6.09 Å². The molecule has 90 valence electrons. The molecule has 0 saturated carbocycles. The fourth-order valence-corrected chi connectivity index (χ4v) is 1.36. The maximum Gasteiger partial charge on any atom is 0.427 e. The topological polar surface area (TPSA) is 69.0 Å². The van der Waals surface area contributed by atoms with Crippen molar-refractivity contribution in [1.29, 1.82) is 0 Å². The SMILES string of the molecule is CC(C)(C)OC(=O)Nn1cncc2cncc1-2. The van der Waals surface area contributed by atoms with Crippen molar-refractivity contribution in [3.8, 4) is 11.3 Å². The van der Waals surface area contributed by atoms with E-state index in [-0.39, 0.29) is 0 Å². The zero-order chi connectivity index (χ0) is 12.5. The van der Waals surface area contributed by atoms with Gasteiger partial charge in [0.1, 0.15) is 11.9 Å². The number of rotatable bonds is 1. The molecule has 1 amide bonds. The van der Waals surface area contributed by atoms with Crippen LogP contribution in [0, 0.1) is 0 Å². The van der Waals surface area contributed by atoms with E-state index in [9.17, 15) is 4.79 Å². The van der Waals surface area contributed by atoms with E-state index in [1.165, 1.54) is 11.0 Å². The number of aromatic nitrogens is 3. The zero-order valence-electron chi connectivity index (χ0n) is 9.97. The average molecular weight is 234 g/mol. The van der Waals surface area contributed by atoms with Crippen LogP contribution in [-0.4, -0.2) is 26.3 Å². The Morgan fingerprint density at radius 1 is 1.29 bits per heavy atom. The van der Waals surface area contributed by atoms with Crippen LogP contribution in [0.1, 0.15) is 20.8 Å². The molecule has 6 heteroatoms. The summed E-state index contributed by atoms with van der Waals surface area (Å²) in [5, 5.41) is 0. The molecule has 2 rings (SSSR count). The Balaban J connectivity index is 2.14. The Labute approximate surface area is 98.9 Å². The monoisotopic (exact) mass is 234 g/mol. The second kappa shape index (κ2) is 4.04. The first-order valence-corrected chi connectivity index (χ1v) is 5.22. The van der Waals surface area contributed by atoms with Gasteiger partial charge in [0.2, 0.25) is 0 Å². The van der Waals surface area contributed by atoms with Crippen molar-refractivity contribution in [2.24, 2.45) is 0 Å². The molecule has 17 heavy (non-hydrogen) atoms. The van der Waals surface area contributed by atoms with Crippen LogP contribution in [0.2, 0.25) is 0 Å². The normalized spacial score (nSPS) is 11.5. The van der Waals surface area contributed by atoms with Crippen molar-refractivity contribution in [2.75, 3.05) is 5.43 Å². The minimum absolute atomic E-state index is 0.530. The van der Waals surface area contributed by atoms with Gasteiger partial charge < -0.3 is 4.74 Å². The molecule has 0 saturated heterocycles. The second-order valence-electron chi connectivity index (χ2n) is 4.63. The summed E-state index contributed by atoms with van der Waals surface area (Å²) in [4.78, 5) is 19.6. The van der Waals surface area contributed by atoms with Crippen molar-refractivity contribution in [3.05, 3.63) is 24.9 Å². The molecule has 0 aromatic carbocycles. The third-order valence-electron chi connectivity index (χ3n) is 1.97. The van der Waals surface area contributed by atoms with Crippen molar-refractivity contribution in [2.45, 2.75) is 26.4 Å². The van der Waals surface area contributed by atoms with E-state index in [2.05, 4.69) is 15.4 Å². The summed E-state index contributed by atoms with van der Waals surface area (Å²) in [6.07, 6.45) is 5.96. The van der Waals surface area contributed by atoms with E-state index in [1.54, 1.807) is 39.4 Å². The number of nitrogens with zero attached hydrogens (tertiary/aromatic N) is 3. The molecule has 0 spiro atoms. The van der Waals surface area contributed by atoms with Crippen LogP contribution in [0.3, 0.4) is 0 Å². The van der Waals surface area contributed by atoms with Crippen molar-refractivity contribution in [3.63, 3.8) is 0 Å². The number of amides is 1. The summed E-state index contributed by atoms with van der Waals surface area (Å²) in [6.45, 7) is 5.42. The van der Waals surface area contributed by atoms with Gasteiger partial charge in [-0.3, -0.25) is 4.98 Å². The molecule has 0 aromatic rings. The van der Waals surface area contributed by atoms with Gasteiger partial charge in [-0.15, -0.1) is 0 Å². The molecule has 1 N–H and O–H groups in total. The Hall–Kier alpha value is -2.11. The molecule has 0 atom stereocenters. The van der Waals surface area contributed by atoms with Gasteiger partial charge >= 0.3 is 6.09 Å². The van der Waals surface area contributed by atoms with Gasteiger partial charge in [0, 0.05) is 18.0 Å². The van der Waals surface area contributed by atoms with Gasteiger partial charge in [0.05, 0.1) is 11.9 Å². The van der Waals surface area contributed by atoms with Gasteiger partial charge in [0.25, 0.3) is 0 Å². The largest absolute Gasteiger partial charge is 0.443 e. The van der Waals surface area contributed by atoms with Crippen molar-refractivity contribution in [1.82, 2.24) is 14.6 Å². The average Bonchev–Trinajstić information content (AvgIpc) is 2.63. The summed E-state index contributed by atoms with van der Waals surface area (Å²) in [7, 11) is 0. The zero-order valence-corrected chi connectivity index (χ0v) is 9.97. The number of ether oxygens (including phenoxy) is 1. The molecular formula is C11H14N4O2. The standard InChI is InChI=1S/C11H14N4O2/c1-11(2,3)17-10(16)14-15-7-13-5-8-4-12-6-9(8)15/h4-7H,1-3H3,(H,14,16). The number of nitrogens with one attached hydrogen (secondary N) is 1. The lowest BCUT2D eigenvalue weighted by molar-refractivity contribution is 0.0613. The second-order valence-corrected chi connectivity index (χ2v) is 4.63. The van der Waals surface area contributed by atoms with Crippen LogP contribution in [0.15, 0.2) is 24.9 Å². The minimum Gasteiger partial charge on any atom is -0.443 e. The molecule has 0 radical (unpaired) electrons.